The number of hydrogen-bond donors (Lipinski definition) is 1. The summed E-state index contributed by atoms with van der Waals surface area (Å²) in [6, 6.07) is 2.39. The minimum Gasteiger partial charge on any atom is -0.313 e. The van der Waals surface area contributed by atoms with Gasteiger partial charge < -0.3 is 5.32 Å². The van der Waals surface area contributed by atoms with Crippen molar-refractivity contribution >= 4 is 15.9 Å². The van der Waals surface area contributed by atoms with Crippen molar-refractivity contribution < 1.29 is 8.78 Å². The molecule has 88 valence electrons. The van der Waals surface area contributed by atoms with Crippen LogP contribution < -0.4 is 5.32 Å². The number of benzene rings is 1. The van der Waals surface area contributed by atoms with Gasteiger partial charge in [0.15, 0.2) is 0 Å². The monoisotopic (exact) mass is 289 g/mol. The lowest BCUT2D eigenvalue weighted by molar-refractivity contribution is 0.469. The van der Waals surface area contributed by atoms with E-state index in [0.717, 1.165) is 6.42 Å². The fourth-order valence-corrected chi connectivity index (χ4v) is 2.51. The average Bonchev–Trinajstić information content (AvgIpc) is 2.92. The van der Waals surface area contributed by atoms with E-state index in [4.69, 9.17) is 0 Å². The fourth-order valence-electron chi connectivity index (χ4n) is 2.19. The van der Waals surface area contributed by atoms with E-state index in [0.29, 0.717) is 17.4 Å². The van der Waals surface area contributed by atoms with Crippen LogP contribution in [0.1, 0.15) is 24.9 Å². The smallest absolute Gasteiger partial charge is 0.137 e. The van der Waals surface area contributed by atoms with Crippen LogP contribution in [0.3, 0.4) is 0 Å². The van der Waals surface area contributed by atoms with Crippen molar-refractivity contribution in [3.63, 3.8) is 0 Å². The van der Waals surface area contributed by atoms with Gasteiger partial charge in [-0.15, -0.1) is 0 Å². The first-order valence-corrected chi connectivity index (χ1v) is 6.15. The summed E-state index contributed by atoms with van der Waals surface area (Å²) in [7, 11) is 1.79. The molecular formula is C12H14BrF2N. The molecule has 2 rings (SSSR count). The molecule has 1 N–H and O–H groups in total. The van der Waals surface area contributed by atoms with Crippen molar-refractivity contribution in [2.45, 2.75) is 19.4 Å². The lowest BCUT2D eigenvalue weighted by atomic mass is 10.0. The van der Waals surface area contributed by atoms with Gasteiger partial charge in [-0.05, 0) is 53.4 Å². The number of rotatable bonds is 3. The molecular weight excluding hydrogens is 276 g/mol. The van der Waals surface area contributed by atoms with Gasteiger partial charge in [0.1, 0.15) is 11.6 Å². The molecule has 0 aliphatic heterocycles. The molecule has 0 saturated heterocycles. The predicted molar refractivity (Wildman–Crippen MR) is 63.1 cm³/mol. The highest BCUT2D eigenvalue weighted by molar-refractivity contribution is 9.10. The van der Waals surface area contributed by atoms with Gasteiger partial charge in [0, 0.05) is 11.6 Å². The van der Waals surface area contributed by atoms with Crippen LogP contribution in [-0.4, -0.2) is 7.05 Å². The molecule has 0 aromatic heterocycles. The Kier molecular flexibility index (Phi) is 3.31. The van der Waals surface area contributed by atoms with Crippen LogP contribution in [0.15, 0.2) is 16.6 Å². The third-order valence-electron chi connectivity index (χ3n) is 3.29. The van der Waals surface area contributed by atoms with Gasteiger partial charge in [0.2, 0.25) is 0 Å². The molecule has 4 heteroatoms. The number of halogens is 3. The standard InChI is InChI=1S/C12H14BrF2N/c1-6-3-7(6)12(16-2)8-4-11(15)9(13)5-10(8)14/h4-7,12,16H,3H2,1-2H3. The third kappa shape index (κ3) is 2.13. The van der Waals surface area contributed by atoms with E-state index in [1.807, 2.05) is 0 Å². The summed E-state index contributed by atoms with van der Waals surface area (Å²) < 4.78 is 27.3. The molecule has 0 spiro atoms. The van der Waals surface area contributed by atoms with E-state index in [-0.39, 0.29) is 16.3 Å². The van der Waals surface area contributed by atoms with Crippen molar-refractivity contribution in [2.75, 3.05) is 7.05 Å². The summed E-state index contributed by atoms with van der Waals surface area (Å²) in [4.78, 5) is 0. The summed E-state index contributed by atoms with van der Waals surface area (Å²) in [5.41, 5.74) is 0.428. The summed E-state index contributed by atoms with van der Waals surface area (Å²) in [6.45, 7) is 2.13. The zero-order chi connectivity index (χ0) is 11.9. The van der Waals surface area contributed by atoms with E-state index < -0.39 is 5.82 Å². The van der Waals surface area contributed by atoms with E-state index in [1.165, 1.54) is 12.1 Å². The highest BCUT2D eigenvalue weighted by Gasteiger charge is 2.40. The minimum atomic E-state index is -0.412. The van der Waals surface area contributed by atoms with E-state index in [2.05, 4.69) is 28.2 Å². The molecule has 1 aromatic rings. The molecule has 1 aliphatic rings. The molecule has 1 aromatic carbocycles. The van der Waals surface area contributed by atoms with Gasteiger partial charge in [0.25, 0.3) is 0 Å². The van der Waals surface area contributed by atoms with Crippen molar-refractivity contribution in [3.8, 4) is 0 Å². The molecule has 1 aliphatic carbocycles. The normalized spacial score (nSPS) is 25.6. The first-order chi connectivity index (χ1) is 7.54. The van der Waals surface area contributed by atoms with Crippen LogP contribution in [0.25, 0.3) is 0 Å². The maximum absolute atomic E-state index is 13.7. The van der Waals surface area contributed by atoms with Crippen LogP contribution in [0.4, 0.5) is 8.78 Å². The lowest BCUT2D eigenvalue weighted by Gasteiger charge is -2.17. The first-order valence-electron chi connectivity index (χ1n) is 5.36. The van der Waals surface area contributed by atoms with Gasteiger partial charge in [0.05, 0.1) is 4.47 Å². The second-order valence-corrected chi connectivity index (χ2v) is 5.29. The first kappa shape index (κ1) is 12.0. The molecule has 1 saturated carbocycles. The zero-order valence-electron chi connectivity index (χ0n) is 9.23. The van der Waals surface area contributed by atoms with Crippen LogP contribution in [0, 0.1) is 23.5 Å². The third-order valence-corrected chi connectivity index (χ3v) is 3.89. The largest absolute Gasteiger partial charge is 0.313 e. The molecule has 3 unspecified atom stereocenters. The van der Waals surface area contributed by atoms with E-state index in [9.17, 15) is 8.78 Å². The Bertz CT molecular complexity index is 408. The Hall–Kier alpha value is -0.480. The topological polar surface area (TPSA) is 12.0 Å². The second kappa shape index (κ2) is 4.41. The molecule has 0 radical (unpaired) electrons. The second-order valence-electron chi connectivity index (χ2n) is 4.43. The van der Waals surface area contributed by atoms with Gasteiger partial charge in [-0.2, -0.15) is 0 Å². The van der Waals surface area contributed by atoms with Gasteiger partial charge in [-0.1, -0.05) is 6.92 Å². The summed E-state index contributed by atoms with van der Waals surface area (Å²) >= 11 is 2.98. The van der Waals surface area contributed by atoms with Crippen molar-refractivity contribution in [1.29, 1.82) is 0 Å². The Labute approximate surface area is 102 Å². The van der Waals surface area contributed by atoms with Gasteiger partial charge in [-0.3, -0.25) is 0 Å². The minimum absolute atomic E-state index is 0.0856. The SMILES string of the molecule is CNC(c1cc(F)c(Br)cc1F)C1CC1C. The Balaban J connectivity index is 2.34. The maximum Gasteiger partial charge on any atom is 0.137 e. The highest BCUT2D eigenvalue weighted by atomic mass is 79.9. The summed E-state index contributed by atoms with van der Waals surface area (Å²) in [6.07, 6.45) is 1.07. The van der Waals surface area contributed by atoms with Crippen LogP contribution in [0.5, 0.6) is 0 Å². The van der Waals surface area contributed by atoms with Crippen molar-refractivity contribution in [1.82, 2.24) is 5.32 Å². The highest BCUT2D eigenvalue weighted by Crippen LogP contribution is 2.47. The quantitative estimate of drug-likeness (QED) is 0.838. The Morgan fingerprint density at radius 1 is 1.38 bits per heavy atom. The average molecular weight is 290 g/mol. The van der Waals surface area contributed by atoms with Gasteiger partial charge >= 0.3 is 0 Å². The Morgan fingerprint density at radius 2 is 2.00 bits per heavy atom. The molecule has 1 nitrogen and oxygen atoms in total. The molecule has 0 heterocycles. The molecule has 3 atom stereocenters. The van der Waals surface area contributed by atoms with E-state index in [1.54, 1.807) is 7.05 Å². The van der Waals surface area contributed by atoms with Crippen LogP contribution in [-0.2, 0) is 0 Å². The maximum atomic E-state index is 13.7. The van der Waals surface area contributed by atoms with Crippen molar-refractivity contribution in [3.05, 3.63) is 33.8 Å². The van der Waals surface area contributed by atoms with Crippen LogP contribution >= 0.6 is 15.9 Å². The molecule has 0 bridgehead atoms. The molecule has 1 fully saturated rings. The van der Waals surface area contributed by atoms with E-state index >= 15 is 0 Å². The fraction of sp³-hybridized carbons (Fsp3) is 0.500. The van der Waals surface area contributed by atoms with Crippen molar-refractivity contribution in [2.24, 2.45) is 11.8 Å². The Morgan fingerprint density at radius 3 is 2.50 bits per heavy atom. The lowest BCUT2D eigenvalue weighted by Crippen LogP contribution is -2.20. The summed E-state index contributed by atoms with van der Waals surface area (Å²) in [5.74, 6) is 0.236. The summed E-state index contributed by atoms with van der Waals surface area (Å²) in [5, 5.41) is 3.08. The zero-order valence-corrected chi connectivity index (χ0v) is 10.8. The number of nitrogens with one attached hydrogen (secondary N) is 1. The molecule has 0 amide bonds. The van der Waals surface area contributed by atoms with Gasteiger partial charge in [-0.25, -0.2) is 8.78 Å². The molecule has 16 heavy (non-hydrogen) atoms. The van der Waals surface area contributed by atoms with Crippen LogP contribution in [0.2, 0.25) is 0 Å². The predicted octanol–water partition coefficient (Wildman–Crippen LogP) is 3.64. The number of hydrogen-bond acceptors (Lipinski definition) is 1.